The maximum atomic E-state index is 13.7. The van der Waals surface area contributed by atoms with Crippen LogP contribution in [0.3, 0.4) is 0 Å². The fourth-order valence-corrected chi connectivity index (χ4v) is 4.22. The minimum atomic E-state index is -0.826. The van der Waals surface area contributed by atoms with Crippen LogP contribution in [0, 0.1) is 11.6 Å². The first-order chi connectivity index (χ1) is 11.5. The Kier molecular flexibility index (Phi) is 4.62. The van der Waals surface area contributed by atoms with Crippen molar-refractivity contribution < 1.29 is 18.4 Å². The number of fused-ring (bicyclic) bond motifs is 1. The number of thiophene rings is 1. The van der Waals surface area contributed by atoms with Gasteiger partial charge in [-0.25, -0.2) is 8.78 Å². The molecule has 0 spiro atoms. The number of aryl methyl sites for hydroxylation is 1. The quantitative estimate of drug-likeness (QED) is 0.830. The first-order valence-corrected chi connectivity index (χ1v) is 8.49. The van der Waals surface area contributed by atoms with E-state index in [0.29, 0.717) is 10.6 Å². The third kappa shape index (κ3) is 3.17. The molecule has 0 unspecified atom stereocenters. The molecule has 2 aromatic rings. The van der Waals surface area contributed by atoms with Crippen molar-refractivity contribution in [2.24, 2.45) is 5.73 Å². The highest BCUT2D eigenvalue weighted by Gasteiger charge is 2.25. The molecule has 0 saturated heterocycles. The van der Waals surface area contributed by atoms with E-state index >= 15 is 0 Å². The molecule has 0 fully saturated rings. The van der Waals surface area contributed by atoms with Crippen molar-refractivity contribution in [3.05, 3.63) is 51.4 Å². The molecule has 1 aromatic heterocycles. The van der Waals surface area contributed by atoms with Crippen molar-refractivity contribution in [2.75, 3.05) is 5.32 Å². The summed E-state index contributed by atoms with van der Waals surface area (Å²) in [5, 5.41) is 2.83. The van der Waals surface area contributed by atoms with Gasteiger partial charge in [0.1, 0.15) is 16.6 Å². The predicted octanol–water partition coefficient (Wildman–Crippen LogP) is 3.65. The zero-order chi connectivity index (χ0) is 17.3. The van der Waals surface area contributed by atoms with Crippen LogP contribution in [0.25, 0.3) is 0 Å². The summed E-state index contributed by atoms with van der Waals surface area (Å²) < 4.78 is 27.0. The van der Waals surface area contributed by atoms with Gasteiger partial charge in [-0.3, -0.25) is 9.59 Å². The number of benzene rings is 1. The van der Waals surface area contributed by atoms with Gasteiger partial charge in [-0.15, -0.1) is 11.3 Å². The van der Waals surface area contributed by atoms with Crippen molar-refractivity contribution in [2.45, 2.75) is 32.1 Å². The molecule has 1 heterocycles. The topological polar surface area (TPSA) is 72.2 Å². The lowest BCUT2D eigenvalue weighted by Gasteiger charge is -2.07. The number of anilines is 1. The zero-order valence-corrected chi connectivity index (χ0v) is 13.6. The second kappa shape index (κ2) is 6.68. The van der Waals surface area contributed by atoms with E-state index in [9.17, 15) is 18.4 Å². The highest BCUT2D eigenvalue weighted by atomic mass is 32.1. The molecule has 1 aliphatic rings. The molecule has 0 bridgehead atoms. The van der Waals surface area contributed by atoms with E-state index in [2.05, 4.69) is 5.32 Å². The number of amides is 2. The van der Waals surface area contributed by atoms with Gasteiger partial charge in [0.25, 0.3) is 11.8 Å². The Hall–Kier alpha value is -2.28. The normalized spacial score (nSPS) is 13.9. The van der Waals surface area contributed by atoms with Crippen LogP contribution in [0.5, 0.6) is 0 Å². The average molecular weight is 350 g/mol. The van der Waals surface area contributed by atoms with Crippen LogP contribution in [-0.4, -0.2) is 11.8 Å². The number of hydrogen-bond acceptors (Lipinski definition) is 3. The summed E-state index contributed by atoms with van der Waals surface area (Å²) in [7, 11) is 0. The Bertz CT molecular complexity index is 817. The van der Waals surface area contributed by atoms with Gasteiger partial charge in [-0.1, -0.05) is 6.42 Å². The van der Waals surface area contributed by atoms with Gasteiger partial charge in [-0.05, 0) is 49.4 Å². The highest BCUT2D eigenvalue weighted by molar-refractivity contribution is 7.17. The van der Waals surface area contributed by atoms with E-state index < -0.39 is 29.0 Å². The molecule has 1 aliphatic carbocycles. The maximum Gasteiger partial charge on any atom is 0.259 e. The molecule has 0 saturated carbocycles. The number of hydrogen-bond donors (Lipinski definition) is 2. The number of carbonyl (C=O) groups excluding carboxylic acids is 2. The van der Waals surface area contributed by atoms with E-state index in [0.717, 1.165) is 60.7 Å². The number of halogens is 2. The summed E-state index contributed by atoms with van der Waals surface area (Å²) in [4.78, 5) is 25.2. The molecule has 7 heteroatoms. The van der Waals surface area contributed by atoms with E-state index in [4.69, 9.17) is 5.73 Å². The molecule has 3 N–H and O–H groups in total. The predicted molar refractivity (Wildman–Crippen MR) is 88.4 cm³/mol. The second-order valence-electron chi connectivity index (χ2n) is 5.71. The summed E-state index contributed by atoms with van der Waals surface area (Å²) >= 11 is 1.29. The van der Waals surface area contributed by atoms with E-state index in [-0.39, 0.29) is 0 Å². The fraction of sp³-hybridized carbons (Fsp3) is 0.294. The van der Waals surface area contributed by atoms with Gasteiger partial charge in [-0.2, -0.15) is 0 Å². The molecule has 4 nitrogen and oxygen atoms in total. The molecular formula is C17H16F2N2O2S. The van der Waals surface area contributed by atoms with Gasteiger partial charge >= 0.3 is 0 Å². The van der Waals surface area contributed by atoms with Crippen LogP contribution in [0.1, 0.15) is 50.4 Å². The first kappa shape index (κ1) is 16.6. The van der Waals surface area contributed by atoms with E-state index in [1.807, 2.05) is 0 Å². The van der Waals surface area contributed by atoms with Gasteiger partial charge in [0.05, 0.1) is 11.1 Å². The Labute approximate surface area is 141 Å². The van der Waals surface area contributed by atoms with Crippen molar-refractivity contribution in [1.82, 2.24) is 0 Å². The maximum absolute atomic E-state index is 13.7. The number of primary amides is 1. The molecule has 0 radical (unpaired) electrons. The Morgan fingerprint density at radius 2 is 1.88 bits per heavy atom. The van der Waals surface area contributed by atoms with E-state index in [1.54, 1.807) is 0 Å². The van der Waals surface area contributed by atoms with Crippen LogP contribution < -0.4 is 11.1 Å². The summed E-state index contributed by atoms with van der Waals surface area (Å²) in [5.74, 6) is -2.96. The molecule has 2 amide bonds. The molecule has 0 aliphatic heterocycles. The first-order valence-electron chi connectivity index (χ1n) is 7.68. The third-order valence-corrected chi connectivity index (χ3v) is 5.28. The highest BCUT2D eigenvalue weighted by Crippen LogP contribution is 2.37. The minimum absolute atomic E-state index is 0.294. The number of nitrogens with two attached hydrogens (primary N) is 1. The monoisotopic (exact) mass is 350 g/mol. The Morgan fingerprint density at radius 1 is 1.12 bits per heavy atom. The van der Waals surface area contributed by atoms with Gasteiger partial charge in [0.2, 0.25) is 0 Å². The number of rotatable bonds is 3. The summed E-state index contributed by atoms with van der Waals surface area (Å²) in [6.45, 7) is 0. The summed E-state index contributed by atoms with van der Waals surface area (Å²) in [6, 6.07) is 2.66. The molecule has 3 rings (SSSR count). The second-order valence-corrected chi connectivity index (χ2v) is 6.82. The van der Waals surface area contributed by atoms with Gasteiger partial charge in [0, 0.05) is 4.88 Å². The van der Waals surface area contributed by atoms with Crippen molar-refractivity contribution in [1.29, 1.82) is 0 Å². The van der Waals surface area contributed by atoms with Crippen LogP contribution in [-0.2, 0) is 12.8 Å². The minimum Gasteiger partial charge on any atom is -0.365 e. The van der Waals surface area contributed by atoms with Gasteiger partial charge in [0.15, 0.2) is 0 Å². The van der Waals surface area contributed by atoms with Gasteiger partial charge < -0.3 is 11.1 Å². The molecule has 0 atom stereocenters. The summed E-state index contributed by atoms with van der Waals surface area (Å²) in [5.41, 5.74) is 6.25. The SMILES string of the molecule is NC(=O)c1c(NC(=O)c2cc(F)ccc2F)sc2c1CCCCC2. The standard InChI is InChI=1S/C17H16F2N2O2S/c18-9-6-7-12(19)11(8-9)16(23)21-17-14(15(20)22)10-4-2-1-3-5-13(10)24-17/h6-8H,1-5H2,(H2,20,22)(H,21,23). The van der Waals surface area contributed by atoms with Crippen molar-refractivity contribution in [3.8, 4) is 0 Å². The van der Waals surface area contributed by atoms with Crippen LogP contribution >= 0.6 is 11.3 Å². The lowest BCUT2D eigenvalue weighted by molar-refractivity contribution is 0.100. The number of nitrogens with one attached hydrogen (secondary N) is 1. The zero-order valence-electron chi connectivity index (χ0n) is 12.8. The van der Waals surface area contributed by atoms with Crippen LogP contribution in [0.2, 0.25) is 0 Å². The van der Waals surface area contributed by atoms with Crippen molar-refractivity contribution in [3.63, 3.8) is 0 Å². The molecule has 126 valence electrons. The number of carbonyl (C=O) groups is 2. The van der Waals surface area contributed by atoms with Crippen molar-refractivity contribution >= 4 is 28.2 Å². The summed E-state index contributed by atoms with van der Waals surface area (Å²) in [6.07, 6.45) is 4.60. The molecule has 1 aromatic carbocycles. The average Bonchev–Trinajstić information content (AvgIpc) is 2.71. The largest absolute Gasteiger partial charge is 0.365 e. The smallest absolute Gasteiger partial charge is 0.259 e. The molecule has 24 heavy (non-hydrogen) atoms. The fourth-order valence-electron chi connectivity index (χ4n) is 2.93. The van der Waals surface area contributed by atoms with E-state index in [1.165, 1.54) is 11.3 Å². The lowest BCUT2D eigenvalue weighted by atomic mass is 10.1. The lowest BCUT2D eigenvalue weighted by Crippen LogP contribution is -2.19. The van der Waals surface area contributed by atoms with Crippen LogP contribution in [0.15, 0.2) is 18.2 Å². The third-order valence-electron chi connectivity index (χ3n) is 4.07. The molecular weight excluding hydrogens is 334 g/mol. The van der Waals surface area contributed by atoms with Crippen LogP contribution in [0.4, 0.5) is 13.8 Å². The Balaban J connectivity index is 1.96. The Morgan fingerprint density at radius 3 is 2.62 bits per heavy atom.